The van der Waals surface area contributed by atoms with Crippen LogP contribution in [0.3, 0.4) is 0 Å². The van der Waals surface area contributed by atoms with Crippen molar-refractivity contribution in [1.29, 1.82) is 0 Å². The van der Waals surface area contributed by atoms with E-state index in [1.807, 2.05) is 0 Å². The maximum absolute atomic E-state index is 12.0. The second-order valence-corrected chi connectivity index (χ2v) is 3.91. The van der Waals surface area contributed by atoms with E-state index < -0.39 is 12.1 Å². The van der Waals surface area contributed by atoms with Crippen molar-refractivity contribution < 1.29 is 14.2 Å². The minimum atomic E-state index is -0.624. The van der Waals surface area contributed by atoms with Gasteiger partial charge in [0.2, 0.25) is 11.9 Å². The van der Waals surface area contributed by atoms with E-state index in [0.717, 1.165) is 4.90 Å². The van der Waals surface area contributed by atoms with Crippen LogP contribution in [0.1, 0.15) is 0 Å². The third kappa shape index (κ3) is 1.42. The molecule has 1 unspecified atom stereocenters. The van der Waals surface area contributed by atoms with Gasteiger partial charge in [0.25, 0.3) is 5.91 Å². The van der Waals surface area contributed by atoms with E-state index in [-0.39, 0.29) is 11.9 Å². The van der Waals surface area contributed by atoms with Gasteiger partial charge in [0, 0.05) is 14.1 Å². The van der Waals surface area contributed by atoms with Crippen LogP contribution in [0.4, 0.5) is 4.79 Å². The van der Waals surface area contributed by atoms with E-state index in [9.17, 15) is 9.59 Å². The summed E-state index contributed by atoms with van der Waals surface area (Å²) in [6.07, 6.45) is 1.63. The van der Waals surface area contributed by atoms with Crippen LogP contribution in [0.15, 0.2) is 17.6 Å². The van der Waals surface area contributed by atoms with E-state index in [2.05, 4.69) is 11.6 Å². The van der Waals surface area contributed by atoms with E-state index >= 15 is 0 Å². The van der Waals surface area contributed by atoms with Crippen molar-refractivity contribution in [1.82, 2.24) is 9.80 Å². The van der Waals surface area contributed by atoms with Crippen LogP contribution < -0.4 is 5.73 Å². The zero-order valence-electron chi connectivity index (χ0n) is 9.75. The van der Waals surface area contributed by atoms with Gasteiger partial charge < -0.3 is 0 Å². The number of nitrogens with two attached hydrogens (primary N) is 1. The van der Waals surface area contributed by atoms with Crippen LogP contribution >= 0.6 is 0 Å². The zero-order chi connectivity index (χ0) is 12.7. The molecular weight excluding hydrogens is 222 g/mol. The number of carbonyl (C=O) groups is 2. The first kappa shape index (κ1) is 11.3. The molecule has 0 aromatic heterocycles. The molecular formula is C10H14N5O2+. The molecule has 3 amide bonds. The molecule has 17 heavy (non-hydrogen) atoms. The second kappa shape index (κ2) is 3.69. The van der Waals surface area contributed by atoms with Gasteiger partial charge in [-0.25, -0.2) is 9.37 Å². The highest BCUT2D eigenvalue weighted by atomic mass is 16.2. The lowest BCUT2D eigenvalue weighted by atomic mass is 10.1. The number of amidine groups is 1. The molecule has 1 saturated heterocycles. The summed E-state index contributed by atoms with van der Waals surface area (Å²) in [4.78, 5) is 30.2. The fourth-order valence-corrected chi connectivity index (χ4v) is 1.96. The van der Waals surface area contributed by atoms with Gasteiger partial charge in [-0.15, -0.1) is 0 Å². The molecule has 0 spiro atoms. The number of hydrogen-bond acceptors (Lipinski definition) is 4. The molecule has 1 atom stereocenters. The van der Waals surface area contributed by atoms with Crippen LogP contribution in [-0.4, -0.2) is 64.8 Å². The van der Waals surface area contributed by atoms with E-state index in [0.29, 0.717) is 12.4 Å². The minimum absolute atomic E-state index is 0.230. The van der Waals surface area contributed by atoms with E-state index in [1.165, 1.54) is 11.9 Å². The number of fused-ring (bicyclic) bond motifs is 1. The molecule has 0 aromatic carbocycles. The van der Waals surface area contributed by atoms with Gasteiger partial charge in [0.15, 0.2) is 0 Å². The maximum Gasteiger partial charge on any atom is 0.388 e. The lowest BCUT2D eigenvalue weighted by Crippen LogP contribution is -2.61. The van der Waals surface area contributed by atoms with Crippen LogP contribution in [0.5, 0.6) is 0 Å². The SMILES string of the molecule is C=CC[N+]1=C(N)N=C2C1C(=O)N(C)C(=O)N2C. The summed E-state index contributed by atoms with van der Waals surface area (Å²) in [6.45, 7) is 4.02. The second-order valence-electron chi connectivity index (χ2n) is 3.91. The standard InChI is InChI=1S/C10H13N5O2/c1-4-5-15-6-7(12-9(15)11)13(2)10(17)14(3)8(6)16/h4,6,11H,1,5H2,2-3H3/p+1. The van der Waals surface area contributed by atoms with Crippen LogP contribution in [0.25, 0.3) is 0 Å². The van der Waals surface area contributed by atoms with Gasteiger partial charge in [0.1, 0.15) is 0 Å². The van der Waals surface area contributed by atoms with Crippen LogP contribution in [0.2, 0.25) is 0 Å². The van der Waals surface area contributed by atoms with Gasteiger partial charge in [-0.3, -0.25) is 20.3 Å². The topological polar surface area (TPSA) is 82.0 Å². The van der Waals surface area contributed by atoms with Crippen molar-refractivity contribution >= 4 is 23.7 Å². The Labute approximate surface area is 98.5 Å². The molecule has 0 saturated carbocycles. The summed E-state index contributed by atoms with van der Waals surface area (Å²) in [7, 11) is 3.01. The Kier molecular flexibility index (Phi) is 2.45. The number of guanidine groups is 1. The Balaban J connectivity index is 2.45. The third-order valence-electron chi connectivity index (χ3n) is 2.89. The summed E-state index contributed by atoms with van der Waals surface area (Å²) in [5.74, 6) is 0.278. The van der Waals surface area contributed by atoms with Gasteiger partial charge in [-0.05, 0) is 0 Å². The van der Waals surface area contributed by atoms with Crippen LogP contribution in [0, 0.1) is 0 Å². The lowest BCUT2D eigenvalue weighted by Gasteiger charge is -2.31. The lowest BCUT2D eigenvalue weighted by molar-refractivity contribution is -0.526. The van der Waals surface area contributed by atoms with Gasteiger partial charge >= 0.3 is 12.0 Å². The highest BCUT2D eigenvalue weighted by Crippen LogP contribution is 2.17. The van der Waals surface area contributed by atoms with Gasteiger partial charge in [0.05, 0.1) is 6.54 Å². The molecule has 2 rings (SSSR count). The average Bonchev–Trinajstić information content (AvgIpc) is 2.62. The summed E-state index contributed by atoms with van der Waals surface area (Å²) in [5.41, 5.74) is 5.74. The molecule has 90 valence electrons. The minimum Gasteiger partial charge on any atom is -0.288 e. The Hall–Kier alpha value is -2.18. The molecule has 0 aromatic rings. The van der Waals surface area contributed by atoms with Crippen LogP contribution in [-0.2, 0) is 4.79 Å². The molecule has 0 aliphatic carbocycles. The number of amides is 3. The third-order valence-corrected chi connectivity index (χ3v) is 2.89. The van der Waals surface area contributed by atoms with Gasteiger partial charge in [-0.2, -0.15) is 0 Å². The number of imide groups is 1. The normalized spacial score (nSPS) is 24.1. The molecule has 1 fully saturated rings. The first-order chi connectivity index (χ1) is 7.99. The Morgan fingerprint density at radius 3 is 2.71 bits per heavy atom. The highest BCUT2D eigenvalue weighted by molar-refractivity contribution is 6.22. The summed E-state index contributed by atoms with van der Waals surface area (Å²) in [5, 5.41) is 0. The molecule has 2 heterocycles. The Morgan fingerprint density at radius 1 is 1.47 bits per heavy atom. The highest BCUT2D eigenvalue weighted by Gasteiger charge is 2.50. The molecule has 2 N–H and O–H groups in total. The van der Waals surface area contributed by atoms with Crippen molar-refractivity contribution in [2.45, 2.75) is 6.04 Å². The van der Waals surface area contributed by atoms with Crippen molar-refractivity contribution in [2.75, 3.05) is 20.6 Å². The monoisotopic (exact) mass is 236 g/mol. The maximum atomic E-state index is 12.0. The molecule has 7 nitrogen and oxygen atoms in total. The molecule has 7 heteroatoms. The van der Waals surface area contributed by atoms with E-state index in [4.69, 9.17) is 5.73 Å². The van der Waals surface area contributed by atoms with Crippen molar-refractivity contribution in [3.8, 4) is 0 Å². The van der Waals surface area contributed by atoms with Crippen molar-refractivity contribution in [2.24, 2.45) is 10.7 Å². The average molecular weight is 236 g/mol. The number of hydrogen-bond donors (Lipinski definition) is 1. The predicted molar refractivity (Wildman–Crippen MR) is 61.7 cm³/mol. The van der Waals surface area contributed by atoms with Crippen molar-refractivity contribution in [3.05, 3.63) is 12.7 Å². The summed E-state index contributed by atoms with van der Waals surface area (Å²) < 4.78 is 1.62. The molecule has 0 bridgehead atoms. The first-order valence-electron chi connectivity index (χ1n) is 5.12. The van der Waals surface area contributed by atoms with Gasteiger partial charge in [-0.1, -0.05) is 17.6 Å². The number of urea groups is 1. The number of nitrogens with zero attached hydrogens (tertiary/aromatic N) is 4. The number of aliphatic imine (C=N–C) groups is 1. The quantitative estimate of drug-likeness (QED) is 0.483. The smallest absolute Gasteiger partial charge is 0.288 e. The molecule has 2 aliphatic heterocycles. The number of carbonyl (C=O) groups excluding carboxylic acids is 2. The Bertz CT molecular complexity index is 479. The Morgan fingerprint density at radius 2 is 2.12 bits per heavy atom. The number of rotatable bonds is 2. The zero-order valence-corrected chi connectivity index (χ0v) is 9.75. The van der Waals surface area contributed by atoms with Crippen molar-refractivity contribution in [3.63, 3.8) is 0 Å². The largest absolute Gasteiger partial charge is 0.388 e. The summed E-state index contributed by atoms with van der Waals surface area (Å²) >= 11 is 0. The van der Waals surface area contributed by atoms with E-state index in [1.54, 1.807) is 17.7 Å². The predicted octanol–water partition coefficient (Wildman–Crippen LogP) is -1.20. The fraction of sp³-hybridized carbons (Fsp3) is 0.400. The first-order valence-corrected chi connectivity index (χ1v) is 5.12. The molecule has 2 aliphatic rings. The molecule has 0 radical (unpaired) electrons. The summed E-state index contributed by atoms with van der Waals surface area (Å²) in [6, 6.07) is -1.03. The number of likely N-dealkylation sites (N-methyl/N-ethyl adjacent to an activating group) is 2. The fourth-order valence-electron chi connectivity index (χ4n) is 1.96.